The van der Waals surface area contributed by atoms with Gasteiger partial charge < -0.3 is 14.2 Å². The van der Waals surface area contributed by atoms with E-state index in [0.717, 1.165) is 23.3 Å². The van der Waals surface area contributed by atoms with Crippen LogP contribution in [0.25, 0.3) is 0 Å². The molecule has 0 heterocycles. The fourth-order valence-corrected chi connectivity index (χ4v) is 2.92. The van der Waals surface area contributed by atoms with E-state index in [0.29, 0.717) is 25.3 Å². The van der Waals surface area contributed by atoms with Crippen molar-refractivity contribution in [3.05, 3.63) is 23.8 Å². The quantitative estimate of drug-likeness (QED) is 0.567. The van der Waals surface area contributed by atoms with E-state index in [9.17, 15) is 13.0 Å². The molecule has 1 aromatic rings. The standard InChI is InChI=1S/C14H23NO4S/c1-4-5-10-19-11-9-12-7-6-8-13(20(16,17)18)14(12)15(2)3/h6-8H,4-5,9-11H2,1-3H3,(H,16,17,18). The molecule has 20 heavy (non-hydrogen) atoms. The number of ether oxygens (including phenoxy) is 1. The molecule has 0 saturated carbocycles. The summed E-state index contributed by atoms with van der Waals surface area (Å²) in [5.41, 5.74) is 1.39. The van der Waals surface area contributed by atoms with Gasteiger partial charge in [0.15, 0.2) is 5.69 Å². The third kappa shape index (κ3) is 4.86. The lowest BCUT2D eigenvalue weighted by Crippen LogP contribution is -3.00. The minimum Gasteiger partial charge on any atom is -0.744 e. The maximum Gasteiger partial charge on any atom is 0.151 e. The Kier molecular flexibility index (Phi) is 6.61. The van der Waals surface area contributed by atoms with Crippen LogP contribution in [0.3, 0.4) is 0 Å². The van der Waals surface area contributed by atoms with E-state index in [-0.39, 0.29) is 4.90 Å². The third-order valence-corrected chi connectivity index (χ3v) is 3.92. The van der Waals surface area contributed by atoms with Crippen LogP contribution in [-0.2, 0) is 21.3 Å². The molecular formula is C14H23NO4S. The zero-order valence-electron chi connectivity index (χ0n) is 12.3. The lowest BCUT2D eigenvalue weighted by Gasteiger charge is -2.18. The van der Waals surface area contributed by atoms with E-state index in [4.69, 9.17) is 4.74 Å². The summed E-state index contributed by atoms with van der Waals surface area (Å²) in [6, 6.07) is 4.82. The summed E-state index contributed by atoms with van der Waals surface area (Å²) in [6.45, 7) is 3.34. The van der Waals surface area contributed by atoms with Gasteiger partial charge in [0.05, 0.1) is 20.7 Å². The van der Waals surface area contributed by atoms with Crippen LogP contribution < -0.4 is 4.90 Å². The summed E-state index contributed by atoms with van der Waals surface area (Å²) >= 11 is 0. The maximum atomic E-state index is 11.3. The fourth-order valence-electron chi connectivity index (χ4n) is 2.09. The van der Waals surface area contributed by atoms with E-state index in [2.05, 4.69) is 6.92 Å². The summed E-state index contributed by atoms with van der Waals surface area (Å²) in [7, 11) is -0.830. The molecule has 6 heteroatoms. The number of hydrogen-bond acceptors (Lipinski definition) is 4. The van der Waals surface area contributed by atoms with Crippen LogP contribution in [0.15, 0.2) is 23.1 Å². The van der Waals surface area contributed by atoms with Gasteiger partial charge in [0, 0.05) is 18.6 Å². The smallest absolute Gasteiger partial charge is 0.151 e. The van der Waals surface area contributed by atoms with Crippen LogP contribution in [0.1, 0.15) is 25.3 Å². The molecule has 0 bridgehead atoms. The molecule has 5 nitrogen and oxygen atoms in total. The monoisotopic (exact) mass is 301 g/mol. The molecular weight excluding hydrogens is 278 g/mol. The Morgan fingerprint density at radius 3 is 2.50 bits per heavy atom. The Morgan fingerprint density at radius 1 is 1.25 bits per heavy atom. The summed E-state index contributed by atoms with van der Waals surface area (Å²) in [5.74, 6) is 0. The van der Waals surface area contributed by atoms with Crippen molar-refractivity contribution >= 4 is 15.8 Å². The van der Waals surface area contributed by atoms with E-state index in [1.807, 2.05) is 20.2 Å². The van der Waals surface area contributed by atoms with E-state index >= 15 is 0 Å². The second kappa shape index (κ2) is 7.73. The molecule has 0 aliphatic rings. The zero-order valence-corrected chi connectivity index (χ0v) is 13.1. The first-order valence-corrected chi connectivity index (χ1v) is 8.24. The van der Waals surface area contributed by atoms with Crippen LogP contribution >= 0.6 is 0 Å². The van der Waals surface area contributed by atoms with Gasteiger partial charge in [-0.3, -0.25) is 0 Å². The Balaban J connectivity index is 2.91. The predicted octanol–water partition coefficient (Wildman–Crippen LogP) is 0.726. The Labute approximate surface area is 121 Å². The number of nitrogens with one attached hydrogen (secondary N) is 1. The number of rotatable bonds is 8. The molecule has 0 aromatic heterocycles. The largest absolute Gasteiger partial charge is 0.744 e. The highest BCUT2D eigenvalue weighted by molar-refractivity contribution is 7.85. The fraction of sp³-hybridized carbons (Fsp3) is 0.571. The van der Waals surface area contributed by atoms with Crippen LogP contribution in [0.5, 0.6) is 0 Å². The van der Waals surface area contributed by atoms with Crippen molar-refractivity contribution in [3.63, 3.8) is 0 Å². The number of quaternary nitrogens is 1. The van der Waals surface area contributed by atoms with Gasteiger partial charge in [0.1, 0.15) is 15.0 Å². The number of hydrogen-bond donors (Lipinski definition) is 1. The normalized spacial score (nSPS) is 12.1. The first-order valence-electron chi connectivity index (χ1n) is 6.84. The molecule has 114 valence electrons. The number of benzene rings is 1. The Hall–Kier alpha value is -0.950. The van der Waals surface area contributed by atoms with Crippen molar-refractivity contribution in [1.82, 2.24) is 0 Å². The summed E-state index contributed by atoms with van der Waals surface area (Å²) in [6.07, 6.45) is 2.70. The van der Waals surface area contributed by atoms with Crippen molar-refractivity contribution in [3.8, 4) is 0 Å². The number of para-hydroxylation sites is 1. The van der Waals surface area contributed by atoms with Gasteiger partial charge in [-0.25, -0.2) is 8.42 Å². The van der Waals surface area contributed by atoms with Gasteiger partial charge in [-0.05, 0) is 12.5 Å². The highest BCUT2D eigenvalue weighted by atomic mass is 32.2. The second-order valence-electron chi connectivity index (χ2n) is 4.96. The van der Waals surface area contributed by atoms with Crippen LogP contribution in [0, 0.1) is 0 Å². The van der Waals surface area contributed by atoms with Crippen molar-refractivity contribution in [2.45, 2.75) is 31.1 Å². The maximum absolute atomic E-state index is 11.3. The molecule has 0 aliphatic heterocycles. The second-order valence-corrected chi connectivity index (χ2v) is 6.31. The average Bonchev–Trinajstić information content (AvgIpc) is 2.37. The number of unbranched alkanes of at least 4 members (excludes halogenated alkanes) is 1. The van der Waals surface area contributed by atoms with Gasteiger partial charge in [-0.2, -0.15) is 0 Å². The predicted molar refractivity (Wildman–Crippen MR) is 76.3 cm³/mol. The molecule has 0 amide bonds. The lowest BCUT2D eigenvalue weighted by molar-refractivity contribution is -0.788. The topological polar surface area (TPSA) is 70.9 Å². The molecule has 1 N–H and O–H groups in total. The molecule has 0 unspecified atom stereocenters. The van der Waals surface area contributed by atoms with E-state index < -0.39 is 10.1 Å². The van der Waals surface area contributed by atoms with Crippen LogP contribution in [0.4, 0.5) is 5.69 Å². The van der Waals surface area contributed by atoms with Crippen LogP contribution in [-0.4, -0.2) is 40.3 Å². The summed E-state index contributed by atoms with van der Waals surface area (Å²) < 4.78 is 39.5. The molecule has 0 fully saturated rings. The van der Waals surface area contributed by atoms with Gasteiger partial charge in [-0.1, -0.05) is 25.5 Å². The first-order chi connectivity index (χ1) is 9.38. The Morgan fingerprint density at radius 2 is 1.95 bits per heavy atom. The minimum atomic E-state index is -4.45. The van der Waals surface area contributed by atoms with Gasteiger partial charge in [-0.15, -0.1) is 0 Å². The minimum absolute atomic E-state index is 0.136. The third-order valence-electron chi connectivity index (χ3n) is 3.04. The van der Waals surface area contributed by atoms with Crippen molar-refractivity contribution < 1.29 is 22.6 Å². The molecule has 0 radical (unpaired) electrons. The first kappa shape index (κ1) is 17.1. The van der Waals surface area contributed by atoms with E-state index in [1.54, 1.807) is 6.07 Å². The van der Waals surface area contributed by atoms with Crippen LogP contribution in [0.2, 0.25) is 0 Å². The Bertz CT molecular complexity index is 526. The highest BCUT2D eigenvalue weighted by Crippen LogP contribution is 2.22. The molecule has 0 aliphatic carbocycles. The molecule has 0 spiro atoms. The van der Waals surface area contributed by atoms with Gasteiger partial charge in [0.25, 0.3) is 0 Å². The molecule has 1 aromatic carbocycles. The van der Waals surface area contributed by atoms with Crippen molar-refractivity contribution in [2.24, 2.45) is 0 Å². The highest BCUT2D eigenvalue weighted by Gasteiger charge is 2.18. The van der Waals surface area contributed by atoms with Crippen molar-refractivity contribution in [1.29, 1.82) is 0 Å². The molecule has 0 saturated heterocycles. The summed E-state index contributed by atoms with van der Waals surface area (Å²) in [5, 5.41) is 0. The van der Waals surface area contributed by atoms with Gasteiger partial charge in [0.2, 0.25) is 0 Å². The SMILES string of the molecule is CCCCOCCc1cccc(S(=O)(=O)[O-])c1[NH+](C)C. The molecule has 1 rings (SSSR count). The zero-order chi connectivity index (χ0) is 15.2. The summed E-state index contributed by atoms with van der Waals surface area (Å²) in [4.78, 5) is 0.687. The van der Waals surface area contributed by atoms with E-state index in [1.165, 1.54) is 6.07 Å². The average molecular weight is 301 g/mol. The van der Waals surface area contributed by atoms with Gasteiger partial charge >= 0.3 is 0 Å². The molecule has 0 atom stereocenters. The van der Waals surface area contributed by atoms with Crippen molar-refractivity contribution in [2.75, 3.05) is 27.3 Å². The lowest BCUT2D eigenvalue weighted by atomic mass is 10.1.